The van der Waals surface area contributed by atoms with Crippen molar-refractivity contribution in [3.05, 3.63) is 261 Å². The summed E-state index contributed by atoms with van der Waals surface area (Å²) in [5, 5.41) is 12.2. The monoisotopic (exact) mass is 941 g/mol. The van der Waals surface area contributed by atoms with Gasteiger partial charge in [0, 0.05) is 38.2 Å². The molecule has 0 atom stereocenters. The molecule has 0 radical (unpaired) electrons. The van der Waals surface area contributed by atoms with E-state index in [0.717, 1.165) is 71.9 Å². The maximum absolute atomic E-state index is 5.43. The number of hydrogen-bond donors (Lipinski definition) is 0. The number of nitrogens with zero attached hydrogens (tertiary/aromatic N) is 5. The maximum atomic E-state index is 5.43. The van der Waals surface area contributed by atoms with Gasteiger partial charge in [0.05, 0.1) is 27.8 Å². The molecule has 0 spiro atoms. The fraction of sp³-hybridized carbons (Fsp3) is 0. The summed E-state index contributed by atoms with van der Waals surface area (Å²) in [5.41, 5.74) is 14.1. The first-order valence-electron chi connectivity index (χ1n) is 25.2. The van der Waals surface area contributed by atoms with E-state index in [-0.39, 0.29) is 0 Å². The highest BCUT2D eigenvalue weighted by Gasteiger charge is 2.23. The van der Waals surface area contributed by atoms with E-state index in [2.05, 4.69) is 252 Å². The highest BCUT2D eigenvalue weighted by molar-refractivity contribution is 6.26. The van der Waals surface area contributed by atoms with Gasteiger partial charge in [-0.25, -0.2) is 4.98 Å². The van der Waals surface area contributed by atoms with Crippen molar-refractivity contribution in [2.75, 3.05) is 0 Å². The van der Waals surface area contributed by atoms with E-state index >= 15 is 0 Å². The van der Waals surface area contributed by atoms with Gasteiger partial charge < -0.3 is 4.57 Å². The Labute approximate surface area is 426 Å². The van der Waals surface area contributed by atoms with Crippen LogP contribution in [0.2, 0.25) is 0 Å². The van der Waals surface area contributed by atoms with Gasteiger partial charge in [0.25, 0.3) is 0 Å². The molecule has 0 aliphatic rings. The van der Waals surface area contributed by atoms with Crippen LogP contribution in [0.3, 0.4) is 0 Å². The van der Waals surface area contributed by atoms with Crippen LogP contribution in [0.15, 0.2) is 261 Å². The summed E-state index contributed by atoms with van der Waals surface area (Å²) in [4.78, 5) is 16.0. The van der Waals surface area contributed by atoms with Gasteiger partial charge in [0.15, 0.2) is 11.6 Å². The van der Waals surface area contributed by atoms with Gasteiger partial charge in [-0.3, -0.25) is 4.57 Å². The summed E-state index contributed by atoms with van der Waals surface area (Å²) >= 11 is 0. The molecule has 15 rings (SSSR count). The molecule has 0 fully saturated rings. The van der Waals surface area contributed by atoms with Gasteiger partial charge in [-0.1, -0.05) is 212 Å². The number of fused-ring (bicyclic) bond motifs is 12. The second kappa shape index (κ2) is 16.8. The quantitative estimate of drug-likeness (QED) is 0.150. The first-order valence-corrected chi connectivity index (χ1v) is 25.2. The molecule has 3 aromatic heterocycles. The first-order chi connectivity index (χ1) is 36.7. The van der Waals surface area contributed by atoms with Crippen LogP contribution in [0.5, 0.6) is 0 Å². The minimum Gasteiger partial charge on any atom is -0.309 e. The van der Waals surface area contributed by atoms with Crippen LogP contribution in [-0.2, 0) is 0 Å². The van der Waals surface area contributed by atoms with Gasteiger partial charge in [0.1, 0.15) is 0 Å². The third kappa shape index (κ3) is 6.68. The Morgan fingerprint density at radius 3 is 1.31 bits per heavy atom. The average Bonchev–Trinajstić information content (AvgIpc) is 3.99. The predicted molar refractivity (Wildman–Crippen MR) is 308 cm³/mol. The zero-order valence-electron chi connectivity index (χ0n) is 40.1. The van der Waals surface area contributed by atoms with Crippen LogP contribution in [0.25, 0.3) is 144 Å². The molecule has 15 aromatic rings. The van der Waals surface area contributed by atoms with Crippen molar-refractivity contribution in [1.82, 2.24) is 24.1 Å². The van der Waals surface area contributed by atoms with Gasteiger partial charge in [0.2, 0.25) is 5.95 Å². The molecule has 0 unspecified atom stereocenters. The lowest BCUT2D eigenvalue weighted by atomic mass is 9.92. The zero-order valence-corrected chi connectivity index (χ0v) is 40.1. The Kier molecular flexibility index (Phi) is 9.50. The van der Waals surface area contributed by atoms with Crippen molar-refractivity contribution in [1.29, 1.82) is 0 Å². The van der Waals surface area contributed by atoms with Crippen LogP contribution in [-0.4, -0.2) is 24.1 Å². The molecular formula is C69H43N5. The third-order valence-electron chi connectivity index (χ3n) is 14.9. The summed E-state index contributed by atoms with van der Waals surface area (Å²) in [6.45, 7) is 0. The van der Waals surface area contributed by atoms with Crippen LogP contribution in [0, 0.1) is 0 Å². The van der Waals surface area contributed by atoms with Crippen molar-refractivity contribution in [3.8, 4) is 67.8 Å². The number of rotatable bonds is 7. The van der Waals surface area contributed by atoms with Crippen molar-refractivity contribution < 1.29 is 0 Å². The Balaban J connectivity index is 0.948. The van der Waals surface area contributed by atoms with Crippen LogP contribution < -0.4 is 0 Å². The van der Waals surface area contributed by atoms with Crippen molar-refractivity contribution in [3.63, 3.8) is 0 Å². The molecule has 344 valence electrons. The van der Waals surface area contributed by atoms with E-state index in [1.807, 2.05) is 18.2 Å². The van der Waals surface area contributed by atoms with Crippen LogP contribution >= 0.6 is 0 Å². The van der Waals surface area contributed by atoms with E-state index in [0.29, 0.717) is 17.6 Å². The van der Waals surface area contributed by atoms with E-state index in [1.165, 1.54) is 54.2 Å². The smallest absolute Gasteiger partial charge is 0.238 e. The highest BCUT2D eigenvalue weighted by Crippen LogP contribution is 2.43. The Morgan fingerprint density at radius 2 is 0.662 bits per heavy atom. The second-order valence-corrected chi connectivity index (χ2v) is 19.1. The first kappa shape index (κ1) is 41.8. The molecule has 3 heterocycles. The van der Waals surface area contributed by atoms with Crippen molar-refractivity contribution in [2.45, 2.75) is 0 Å². The molecule has 0 aliphatic carbocycles. The van der Waals surface area contributed by atoms with Gasteiger partial charge >= 0.3 is 0 Å². The lowest BCUT2D eigenvalue weighted by Crippen LogP contribution is -2.06. The molecule has 0 bridgehead atoms. The third-order valence-corrected chi connectivity index (χ3v) is 14.9. The fourth-order valence-electron chi connectivity index (χ4n) is 11.6. The zero-order chi connectivity index (χ0) is 48.7. The van der Waals surface area contributed by atoms with Crippen LogP contribution in [0.4, 0.5) is 0 Å². The van der Waals surface area contributed by atoms with Gasteiger partial charge in [-0.15, -0.1) is 0 Å². The molecule has 12 aromatic carbocycles. The fourth-order valence-corrected chi connectivity index (χ4v) is 11.6. The van der Waals surface area contributed by atoms with Gasteiger partial charge in [-0.05, 0) is 109 Å². The molecule has 5 nitrogen and oxygen atoms in total. The SMILES string of the molecule is c1ccc(-c2cccc(-c3cccc(-c4nc(-c5ccccc5)nc(-n5c6ccccc6c6cc7c8ccccc8n(-c8ccccc8-c8ccc9c%10ccccc%10c%10ccccc%10c9c8)c7cc65)n4)c3)c2)cc1. The molecule has 0 aliphatic heterocycles. The number of benzene rings is 12. The number of hydrogen-bond acceptors (Lipinski definition) is 3. The van der Waals surface area contributed by atoms with Crippen molar-refractivity contribution >= 4 is 75.9 Å². The van der Waals surface area contributed by atoms with Crippen molar-refractivity contribution in [2.24, 2.45) is 0 Å². The molecular weight excluding hydrogens is 899 g/mol. The number of para-hydroxylation sites is 3. The Morgan fingerprint density at radius 1 is 0.216 bits per heavy atom. The average molecular weight is 942 g/mol. The largest absolute Gasteiger partial charge is 0.309 e. The maximum Gasteiger partial charge on any atom is 0.238 e. The molecule has 0 N–H and O–H groups in total. The predicted octanol–water partition coefficient (Wildman–Crippen LogP) is 17.9. The molecule has 5 heteroatoms. The lowest BCUT2D eigenvalue weighted by Gasteiger charge is -2.16. The van der Waals surface area contributed by atoms with E-state index < -0.39 is 0 Å². The van der Waals surface area contributed by atoms with E-state index in [4.69, 9.17) is 15.0 Å². The molecule has 0 saturated heterocycles. The standard InChI is InChI=1S/C69H43N5/c1-3-19-44(20-4-1)46-23-17-24-47(39-46)48-25-18-26-50(40-48)68-70-67(45-21-5-2-6-22-45)71-69(72-68)74-64-36-16-13-33-58(64)61-42-60-57-32-12-15-35-63(57)73(65(60)43-66(61)74)62-34-14-11-27-51(62)49-37-38-56-54-30-8-7-28-52(54)53-29-9-10-31-55(53)59(56)41-49/h1-43H. The van der Waals surface area contributed by atoms with E-state index in [9.17, 15) is 0 Å². The summed E-state index contributed by atoms with van der Waals surface area (Å²) < 4.78 is 4.69. The summed E-state index contributed by atoms with van der Waals surface area (Å²) in [7, 11) is 0. The minimum atomic E-state index is 0.551. The second-order valence-electron chi connectivity index (χ2n) is 19.1. The van der Waals surface area contributed by atoms with Gasteiger partial charge in [-0.2, -0.15) is 9.97 Å². The Hall–Kier alpha value is -9.97. The molecule has 0 saturated carbocycles. The lowest BCUT2D eigenvalue weighted by molar-refractivity contribution is 0.953. The normalized spacial score (nSPS) is 11.8. The topological polar surface area (TPSA) is 48.5 Å². The van der Waals surface area contributed by atoms with Crippen LogP contribution in [0.1, 0.15) is 0 Å². The minimum absolute atomic E-state index is 0.551. The Bertz CT molecular complexity index is 4690. The summed E-state index contributed by atoms with van der Waals surface area (Å²) in [5.74, 6) is 1.75. The molecule has 0 amide bonds. The molecule has 74 heavy (non-hydrogen) atoms. The summed E-state index contributed by atoms with van der Waals surface area (Å²) in [6, 6.07) is 93.6. The number of aromatic nitrogens is 5. The summed E-state index contributed by atoms with van der Waals surface area (Å²) in [6.07, 6.45) is 0. The van der Waals surface area contributed by atoms with E-state index in [1.54, 1.807) is 0 Å². The highest BCUT2D eigenvalue weighted by atomic mass is 15.2.